The maximum atomic E-state index is 12.2. The standard InChI is InChI=1S/C27H40N8O/c1-18-10-11-19(25(36)29-5)15-22(18)31-23-21(16-28)24(35(7)17-27(2,3)4)33-26(32-23)30-13-12-20-9-8-14-34(20)6/h10-11,15,20H,8-9,12-14,17H2,1-7H3,(H,29,36)(H2,30,31,32,33). The van der Waals surface area contributed by atoms with Crippen LogP contribution < -0.4 is 20.9 Å². The number of hydrogen-bond acceptors (Lipinski definition) is 8. The Labute approximate surface area is 215 Å². The molecule has 0 bridgehead atoms. The molecule has 1 aliphatic heterocycles. The van der Waals surface area contributed by atoms with Gasteiger partial charge < -0.3 is 25.8 Å². The van der Waals surface area contributed by atoms with Crippen LogP contribution in [0.2, 0.25) is 0 Å². The molecule has 9 heteroatoms. The molecule has 1 fully saturated rings. The van der Waals surface area contributed by atoms with Crippen LogP contribution in [0.1, 0.15) is 61.5 Å². The first-order chi connectivity index (χ1) is 17.0. The van der Waals surface area contributed by atoms with Gasteiger partial charge in [-0.15, -0.1) is 0 Å². The summed E-state index contributed by atoms with van der Waals surface area (Å²) in [4.78, 5) is 26.1. The lowest BCUT2D eigenvalue weighted by atomic mass is 9.96. The highest BCUT2D eigenvalue weighted by molar-refractivity contribution is 5.95. The van der Waals surface area contributed by atoms with E-state index in [9.17, 15) is 10.1 Å². The van der Waals surface area contributed by atoms with Crippen LogP contribution in [0.4, 0.5) is 23.3 Å². The average molecular weight is 493 g/mol. The molecule has 9 nitrogen and oxygen atoms in total. The van der Waals surface area contributed by atoms with E-state index in [2.05, 4.69) is 54.7 Å². The molecule has 0 aliphatic carbocycles. The van der Waals surface area contributed by atoms with Crippen molar-refractivity contribution in [3.8, 4) is 6.07 Å². The quantitative estimate of drug-likeness (QED) is 0.479. The van der Waals surface area contributed by atoms with Gasteiger partial charge in [0.2, 0.25) is 5.95 Å². The molecule has 1 saturated heterocycles. The Morgan fingerprint density at radius 1 is 1.31 bits per heavy atom. The highest BCUT2D eigenvalue weighted by Gasteiger charge is 2.23. The number of rotatable bonds is 9. The van der Waals surface area contributed by atoms with E-state index >= 15 is 0 Å². The number of anilines is 4. The number of nitriles is 1. The van der Waals surface area contributed by atoms with Gasteiger partial charge >= 0.3 is 0 Å². The predicted molar refractivity (Wildman–Crippen MR) is 146 cm³/mol. The van der Waals surface area contributed by atoms with Gasteiger partial charge in [0.15, 0.2) is 11.6 Å². The summed E-state index contributed by atoms with van der Waals surface area (Å²) < 4.78 is 0. The molecule has 1 unspecified atom stereocenters. The summed E-state index contributed by atoms with van der Waals surface area (Å²) in [5, 5.41) is 19.5. The molecule has 1 aromatic heterocycles. The smallest absolute Gasteiger partial charge is 0.251 e. The van der Waals surface area contributed by atoms with Gasteiger partial charge in [0.05, 0.1) is 0 Å². The van der Waals surface area contributed by atoms with E-state index in [1.165, 1.54) is 12.8 Å². The maximum absolute atomic E-state index is 12.2. The number of hydrogen-bond donors (Lipinski definition) is 3. The van der Waals surface area contributed by atoms with Crippen LogP contribution in [-0.2, 0) is 0 Å². The van der Waals surface area contributed by atoms with Crippen molar-refractivity contribution in [3.05, 3.63) is 34.9 Å². The minimum Gasteiger partial charge on any atom is -0.358 e. The molecule has 194 valence electrons. The number of aromatic nitrogens is 2. The first-order valence-corrected chi connectivity index (χ1v) is 12.6. The number of nitrogens with one attached hydrogen (secondary N) is 3. The molecule has 3 rings (SSSR count). The third-order valence-electron chi connectivity index (χ3n) is 6.49. The van der Waals surface area contributed by atoms with Crippen LogP contribution >= 0.6 is 0 Å². The van der Waals surface area contributed by atoms with Gasteiger partial charge in [-0.3, -0.25) is 4.79 Å². The minimum absolute atomic E-state index is 0.0130. The monoisotopic (exact) mass is 492 g/mol. The molecule has 1 aromatic carbocycles. The fourth-order valence-electron chi connectivity index (χ4n) is 4.65. The molecular formula is C27H40N8O. The van der Waals surface area contributed by atoms with Crippen LogP contribution in [0.15, 0.2) is 18.2 Å². The van der Waals surface area contributed by atoms with Gasteiger partial charge in [-0.2, -0.15) is 15.2 Å². The summed E-state index contributed by atoms with van der Waals surface area (Å²) in [6.45, 7) is 11.0. The van der Waals surface area contributed by atoms with Crippen LogP contribution in [0, 0.1) is 23.7 Å². The minimum atomic E-state index is -0.175. The van der Waals surface area contributed by atoms with Crippen molar-refractivity contribution < 1.29 is 4.79 Å². The normalized spacial score (nSPS) is 15.9. The number of nitrogens with zero attached hydrogens (tertiary/aromatic N) is 5. The lowest BCUT2D eigenvalue weighted by molar-refractivity contribution is 0.0963. The summed E-state index contributed by atoms with van der Waals surface area (Å²) in [5.74, 6) is 1.30. The zero-order valence-corrected chi connectivity index (χ0v) is 22.7. The first kappa shape index (κ1) is 27.2. The van der Waals surface area contributed by atoms with Crippen molar-refractivity contribution in [2.45, 2.75) is 53.0 Å². The fraction of sp³-hybridized carbons (Fsp3) is 0.556. The highest BCUT2D eigenvalue weighted by atomic mass is 16.1. The summed E-state index contributed by atoms with van der Waals surface area (Å²) >= 11 is 0. The summed E-state index contributed by atoms with van der Waals surface area (Å²) in [7, 11) is 5.73. The van der Waals surface area contributed by atoms with E-state index < -0.39 is 0 Å². The van der Waals surface area contributed by atoms with Gasteiger partial charge in [-0.25, -0.2) is 0 Å². The molecule has 0 saturated carbocycles. The number of aryl methyl sites for hydroxylation is 1. The van der Waals surface area contributed by atoms with Gasteiger partial charge in [0.1, 0.15) is 11.6 Å². The van der Waals surface area contributed by atoms with Crippen molar-refractivity contribution in [1.29, 1.82) is 5.26 Å². The van der Waals surface area contributed by atoms with Crippen molar-refractivity contribution >= 4 is 29.2 Å². The molecule has 1 amide bonds. The van der Waals surface area contributed by atoms with Crippen LogP contribution in [-0.4, -0.2) is 67.6 Å². The molecule has 0 radical (unpaired) electrons. The Balaban J connectivity index is 1.96. The summed E-state index contributed by atoms with van der Waals surface area (Å²) in [6, 6.07) is 8.31. The molecular weight excluding hydrogens is 452 g/mol. The molecule has 2 aromatic rings. The number of benzene rings is 1. The van der Waals surface area contributed by atoms with Gasteiger partial charge in [-0.1, -0.05) is 26.8 Å². The molecule has 3 N–H and O–H groups in total. The zero-order valence-electron chi connectivity index (χ0n) is 22.7. The Morgan fingerprint density at radius 2 is 2.06 bits per heavy atom. The van der Waals surface area contributed by atoms with E-state index in [-0.39, 0.29) is 11.3 Å². The van der Waals surface area contributed by atoms with Crippen molar-refractivity contribution in [1.82, 2.24) is 20.2 Å². The second-order valence-electron chi connectivity index (χ2n) is 10.8. The Kier molecular flexibility index (Phi) is 8.75. The molecule has 36 heavy (non-hydrogen) atoms. The molecule has 2 heterocycles. The Morgan fingerprint density at radius 3 is 2.67 bits per heavy atom. The second kappa shape index (κ2) is 11.6. The number of likely N-dealkylation sites (tertiary alicyclic amines) is 1. The second-order valence-corrected chi connectivity index (χ2v) is 10.8. The SMILES string of the molecule is CNC(=O)c1ccc(C)c(Nc2nc(NCCC3CCCN3C)nc(N(C)CC(C)(C)C)c2C#N)c1. The van der Waals surface area contributed by atoms with E-state index in [0.29, 0.717) is 40.4 Å². The van der Waals surface area contributed by atoms with Gasteiger partial charge in [0, 0.05) is 44.5 Å². The third-order valence-corrected chi connectivity index (χ3v) is 6.49. The van der Waals surface area contributed by atoms with E-state index in [1.807, 2.05) is 24.9 Å². The molecule has 1 atom stereocenters. The van der Waals surface area contributed by atoms with E-state index in [0.717, 1.165) is 31.6 Å². The molecule has 0 spiro atoms. The van der Waals surface area contributed by atoms with Crippen molar-refractivity contribution in [2.75, 3.05) is 56.3 Å². The third kappa shape index (κ3) is 6.85. The van der Waals surface area contributed by atoms with Gasteiger partial charge in [0.25, 0.3) is 5.91 Å². The number of carbonyl (C=O) groups is 1. The van der Waals surface area contributed by atoms with Crippen molar-refractivity contribution in [2.24, 2.45) is 5.41 Å². The zero-order chi connectivity index (χ0) is 26.5. The number of carbonyl (C=O) groups excluding carboxylic acids is 1. The summed E-state index contributed by atoms with van der Waals surface area (Å²) in [6.07, 6.45) is 3.45. The lowest BCUT2D eigenvalue weighted by Gasteiger charge is -2.28. The molecule has 1 aliphatic rings. The lowest BCUT2D eigenvalue weighted by Crippen LogP contribution is -2.31. The van der Waals surface area contributed by atoms with E-state index in [1.54, 1.807) is 19.2 Å². The average Bonchev–Trinajstić information content (AvgIpc) is 3.23. The van der Waals surface area contributed by atoms with E-state index in [4.69, 9.17) is 9.97 Å². The van der Waals surface area contributed by atoms with Crippen LogP contribution in [0.25, 0.3) is 0 Å². The number of amides is 1. The fourth-order valence-corrected chi connectivity index (χ4v) is 4.65. The summed E-state index contributed by atoms with van der Waals surface area (Å²) in [5.41, 5.74) is 2.57. The maximum Gasteiger partial charge on any atom is 0.251 e. The Hall–Kier alpha value is -3.38. The Bertz CT molecular complexity index is 1120. The predicted octanol–water partition coefficient (Wildman–Crippen LogP) is 4.14. The van der Waals surface area contributed by atoms with Crippen molar-refractivity contribution in [3.63, 3.8) is 0 Å². The highest BCUT2D eigenvalue weighted by Crippen LogP contribution is 2.31. The van der Waals surface area contributed by atoms with Crippen LogP contribution in [0.3, 0.4) is 0 Å². The topological polar surface area (TPSA) is 109 Å². The largest absolute Gasteiger partial charge is 0.358 e. The first-order valence-electron chi connectivity index (χ1n) is 12.6. The van der Waals surface area contributed by atoms with Gasteiger partial charge in [-0.05, 0) is 62.9 Å². The van der Waals surface area contributed by atoms with Crippen LogP contribution in [0.5, 0.6) is 0 Å².